The number of aliphatic imine (C=N–C) groups is 1. The maximum Gasteiger partial charge on any atom is 0.251 e. The van der Waals surface area contributed by atoms with Gasteiger partial charge in [-0.05, 0) is 50.7 Å². The number of amides is 1. The maximum absolute atomic E-state index is 12.7. The summed E-state index contributed by atoms with van der Waals surface area (Å²) >= 11 is 1.74. The lowest BCUT2D eigenvalue weighted by Gasteiger charge is -2.32. The van der Waals surface area contributed by atoms with Crippen molar-refractivity contribution in [2.75, 3.05) is 46.3 Å². The fourth-order valence-electron chi connectivity index (χ4n) is 4.06. The van der Waals surface area contributed by atoms with E-state index in [0.717, 1.165) is 68.3 Å². The van der Waals surface area contributed by atoms with Crippen LogP contribution in [-0.4, -0.2) is 67.7 Å². The molecule has 0 spiro atoms. The number of benzene rings is 2. The van der Waals surface area contributed by atoms with Crippen molar-refractivity contribution < 1.29 is 4.79 Å². The average Bonchev–Trinajstić information content (AvgIpc) is 2.94. The standard InChI is InChI=1S/C25H32N4OS/c1-3-7-21-20-8-4-5-9-23(20)31-24-11-10-19(18-22(24)27-21)25(30)26-12-6-13-29-16-14-28(2)15-17-29/h4-5,8-11,18H,3,6-7,12-17H2,1-2H3,(H,26,30). The molecule has 164 valence electrons. The summed E-state index contributed by atoms with van der Waals surface area (Å²) in [7, 11) is 2.17. The second-order valence-corrected chi connectivity index (χ2v) is 9.43. The van der Waals surface area contributed by atoms with E-state index in [1.54, 1.807) is 11.8 Å². The van der Waals surface area contributed by atoms with Gasteiger partial charge in [0, 0.05) is 59.4 Å². The monoisotopic (exact) mass is 436 g/mol. The van der Waals surface area contributed by atoms with E-state index in [9.17, 15) is 4.79 Å². The Hall–Kier alpha value is -2.15. The highest BCUT2D eigenvalue weighted by Gasteiger charge is 2.18. The lowest BCUT2D eigenvalue weighted by molar-refractivity contribution is 0.0949. The van der Waals surface area contributed by atoms with E-state index in [1.807, 2.05) is 18.2 Å². The molecule has 6 heteroatoms. The third-order valence-electron chi connectivity index (χ3n) is 5.91. The number of rotatable bonds is 7. The fourth-order valence-corrected chi connectivity index (χ4v) is 5.08. The summed E-state index contributed by atoms with van der Waals surface area (Å²) in [6, 6.07) is 14.3. The lowest BCUT2D eigenvalue weighted by atomic mass is 10.1. The van der Waals surface area contributed by atoms with E-state index in [2.05, 4.69) is 53.4 Å². The van der Waals surface area contributed by atoms with Gasteiger partial charge in [-0.3, -0.25) is 9.79 Å². The van der Waals surface area contributed by atoms with Crippen LogP contribution in [-0.2, 0) is 0 Å². The van der Waals surface area contributed by atoms with Gasteiger partial charge in [-0.2, -0.15) is 0 Å². The lowest BCUT2D eigenvalue weighted by Crippen LogP contribution is -2.45. The summed E-state index contributed by atoms with van der Waals surface area (Å²) in [5.74, 6) is -0.0137. The third-order valence-corrected chi connectivity index (χ3v) is 7.05. The molecule has 4 rings (SSSR count). The predicted octanol–water partition coefficient (Wildman–Crippen LogP) is 4.44. The molecule has 5 nitrogen and oxygen atoms in total. The molecule has 1 N–H and O–H groups in total. The van der Waals surface area contributed by atoms with Crippen LogP contribution in [0.2, 0.25) is 0 Å². The van der Waals surface area contributed by atoms with Crippen molar-refractivity contribution in [3.8, 4) is 0 Å². The van der Waals surface area contributed by atoms with Gasteiger partial charge in [0.2, 0.25) is 0 Å². The number of fused-ring (bicyclic) bond motifs is 2. The Morgan fingerprint density at radius 1 is 1.10 bits per heavy atom. The first kappa shape index (κ1) is 22.1. The molecule has 0 saturated carbocycles. The molecule has 2 aromatic carbocycles. The van der Waals surface area contributed by atoms with Crippen LogP contribution in [0.15, 0.2) is 57.2 Å². The van der Waals surface area contributed by atoms with Gasteiger partial charge in [-0.15, -0.1) is 0 Å². The molecule has 0 unspecified atom stereocenters. The Kier molecular flexibility index (Phi) is 7.43. The van der Waals surface area contributed by atoms with Crippen molar-refractivity contribution in [1.29, 1.82) is 0 Å². The Balaban J connectivity index is 1.40. The Morgan fingerprint density at radius 2 is 1.90 bits per heavy atom. The number of nitrogens with one attached hydrogen (secondary N) is 1. The zero-order valence-corrected chi connectivity index (χ0v) is 19.4. The summed E-state index contributed by atoms with van der Waals surface area (Å²) in [6.45, 7) is 8.41. The second-order valence-electron chi connectivity index (χ2n) is 8.34. The topological polar surface area (TPSA) is 47.9 Å². The van der Waals surface area contributed by atoms with Crippen LogP contribution in [0.3, 0.4) is 0 Å². The molecule has 0 aromatic heterocycles. The molecule has 0 radical (unpaired) electrons. The molecule has 2 aromatic rings. The molecule has 1 fully saturated rings. The minimum absolute atomic E-state index is 0.0137. The minimum Gasteiger partial charge on any atom is -0.352 e. The maximum atomic E-state index is 12.7. The van der Waals surface area contributed by atoms with Gasteiger partial charge in [-0.25, -0.2) is 0 Å². The number of nitrogens with zero attached hydrogens (tertiary/aromatic N) is 3. The summed E-state index contributed by atoms with van der Waals surface area (Å²) in [4.78, 5) is 24.9. The predicted molar refractivity (Wildman–Crippen MR) is 129 cm³/mol. The summed E-state index contributed by atoms with van der Waals surface area (Å²) in [6.07, 6.45) is 2.95. The van der Waals surface area contributed by atoms with Crippen molar-refractivity contribution in [2.45, 2.75) is 36.0 Å². The van der Waals surface area contributed by atoms with Gasteiger partial charge < -0.3 is 15.1 Å². The third kappa shape index (κ3) is 5.56. The number of carbonyl (C=O) groups is 1. The molecule has 1 saturated heterocycles. The first-order valence-corrected chi connectivity index (χ1v) is 12.1. The quantitative estimate of drug-likeness (QED) is 0.652. The van der Waals surface area contributed by atoms with E-state index < -0.39 is 0 Å². The van der Waals surface area contributed by atoms with E-state index in [0.29, 0.717) is 12.1 Å². The Morgan fingerprint density at radius 3 is 2.71 bits per heavy atom. The van der Waals surface area contributed by atoms with Crippen LogP contribution in [0.25, 0.3) is 0 Å². The molecule has 0 aliphatic carbocycles. The molecule has 1 amide bonds. The van der Waals surface area contributed by atoms with Crippen LogP contribution in [0.4, 0.5) is 5.69 Å². The smallest absolute Gasteiger partial charge is 0.251 e. The van der Waals surface area contributed by atoms with Crippen molar-refractivity contribution in [3.05, 3.63) is 53.6 Å². The van der Waals surface area contributed by atoms with E-state index in [4.69, 9.17) is 4.99 Å². The fraction of sp³-hybridized carbons (Fsp3) is 0.440. The molecule has 31 heavy (non-hydrogen) atoms. The van der Waals surface area contributed by atoms with E-state index >= 15 is 0 Å². The van der Waals surface area contributed by atoms with Gasteiger partial charge in [0.05, 0.1) is 5.69 Å². The Bertz CT molecular complexity index is 950. The molecule has 0 atom stereocenters. The SMILES string of the molecule is CCCC1=Nc2cc(C(=O)NCCCN3CCN(C)CC3)ccc2Sc2ccccc21. The first-order valence-electron chi connectivity index (χ1n) is 11.3. The Labute approximate surface area is 189 Å². The molecular formula is C25H32N4OS. The highest BCUT2D eigenvalue weighted by Crippen LogP contribution is 2.41. The van der Waals surface area contributed by atoms with Crippen LogP contribution >= 0.6 is 11.8 Å². The summed E-state index contributed by atoms with van der Waals surface area (Å²) in [5, 5.41) is 3.09. The molecule has 2 heterocycles. The van der Waals surface area contributed by atoms with Gasteiger partial charge >= 0.3 is 0 Å². The van der Waals surface area contributed by atoms with Gasteiger partial charge in [0.1, 0.15) is 0 Å². The normalized spacial score (nSPS) is 16.8. The van der Waals surface area contributed by atoms with Crippen molar-refractivity contribution in [1.82, 2.24) is 15.1 Å². The van der Waals surface area contributed by atoms with Crippen molar-refractivity contribution in [3.63, 3.8) is 0 Å². The number of piperazine rings is 1. The highest BCUT2D eigenvalue weighted by atomic mass is 32.2. The van der Waals surface area contributed by atoms with Crippen LogP contribution in [0.5, 0.6) is 0 Å². The number of hydrogen-bond acceptors (Lipinski definition) is 5. The zero-order chi connectivity index (χ0) is 21.6. The van der Waals surface area contributed by atoms with Gasteiger partial charge in [0.25, 0.3) is 5.91 Å². The molecule has 2 aliphatic heterocycles. The number of hydrogen-bond donors (Lipinski definition) is 1. The summed E-state index contributed by atoms with van der Waals surface area (Å²) < 4.78 is 0. The van der Waals surface area contributed by atoms with E-state index in [-0.39, 0.29) is 5.91 Å². The average molecular weight is 437 g/mol. The number of carbonyl (C=O) groups excluding carboxylic acids is 1. The van der Waals surface area contributed by atoms with E-state index in [1.165, 1.54) is 10.5 Å². The van der Waals surface area contributed by atoms with Crippen LogP contribution in [0.1, 0.15) is 42.1 Å². The summed E-state index contributed by atoms with van der Waals surface area (Å²) in [5.41, 5.74) is 3.90. The first-order chi connectivity index (χ1) is 15.1. The van der Waals surface area contributed by atoms with Crippen LogP contribution in [0, 0.1) is 0 Å². The molecule has 0 bridgehead atoms. The second kappa shape index (κ2) is 10.4. The van der Waals surface area contributed by atoms with Crippen LogP contribution < -0.4 is 5.32 Å². The molecule has 2 aliphatic rings. The molecular weight excluding hydrogens is 404 g/mol. The van der Waals surface area contributed by atoms with Gasteiger partial charge in [0.15, 0.2) is 0 Å². The largest absolute Gasteiger partial charge is 0.352 e. The zero-order valence-electron chi connectivity index (χ0n) is 18.6. The highest BCUT2D eigenvalue weighted by molar-refractivity contribution is 7.99. The van der Waals surface area contributed by atoms with Crippen molar-refractivity contribution in [2.24, 2.45) is 4.99 Å². The van der Waals surface area contributed by atoms with Crippen molar-refractivity contribution >= 4 is 29.1 Å². The minimum atomic E-state index is -0.0137. The van der Waals surface area contributed by atoms with Gasteiger partial charge in [-0.1, -0.05) is 43.3 Å². The number of likely N-dealkylation sites (N-methyl/N-ethyl adjacent to an activating group) is 1.